The molecule has 1 fully saturated rings. The smallest absolute Gasteiger partial charge is 0.247 e. The van der Waals surface area contributed by atoms with Crippen molar-refractivity contribution in [2.75, 3.05) is 32.1 Å². The van der Waals surface area contributed by atoms with Crippen LogP contribution in [-0.4, -0.2) is 48.6 Å². The summed E-state index contributed by atoms with van der Waals surface area (Å²) in [4.78, 5) is 16.2. The zero-order chi connectivity index (χ0) is 15.8. The number of amides is 1. The van der Waals surface area contributed by atoms with Crippen molar-refractivity contribution < 1.29 is 9.90 Å². The predicted molar refractivity (Wildman–Crippen MR) is 84.6 cm³/mol. The minimum atomic E-state index is -0.602. The second-order valence-electron chi connectivity index (χ2n) is 6.19. The number of phenolic OH excluding ortho intramolecular Hbond substituents is 1. The van der Waals surface area contributed by atoms with E-state index in [2.05, 4.69) is 10.2 Å². The van der Waals surface area contributed by atoms with Gasteiger partial charge in [0.1, 0.15) is 11.3 Å². The average Bonchev–Trinajstić information content (AvgIpc) is 2.44. The summed E-state index contributed by atoms with van der Waals surface area (Å²) in [7, 11) is 3.69. The van der Waals surface area contributed by atoms with E-state index in [9.17, 15) is 9.90 Å². The number of nitrogens with zero attached hydrogens (tertiary/aromatic N) is 2. The Hall–Kier alpha value is -1.75. The van der Waals surface area contributed by atoms with Crippen LogP contribution in [0.4, 0.5) is 5.69 Å². The number of carbonyl (C=O) groups is 1. The van der Waals surface area contributed by atoms with Crippen molar-refractivity contribution in [1.82, 2.24) is 10.2 Å². The lowest BCUT2D eigenvalue weighted by Crippen LogP contribution is -2.62. The molecule has 1 saturated heterocycles. The van der Waals surface area contributed by atoms with Crippen molar-refractivity contribution >= 4 is 11.6 Å². The molecule has 0 bridgehead atoms. The van der Waals surface area contributed by atoms with Gasteiger partial charge in [0, 0.05) is 43.5 Å². The van der Waals surface area contributed by atoms with Crippen LogP contribution in [-0.2, 0) is 4.79 Å². The Balaban J connectivity index is 2.34. The van der Waals surface area contributed by atoms with Gasteiger partial charge >= 0.3 is 0 Å². The third kappa shape index (κ3) is 2.70. The molecule has 2 rings (SSSR count). The first-order chi connectivity index (χ1) is 9.78. The summed E-state index contributed by atoms with van der Waals surface area (Å²) in [6, 6.07) is 5.73. The van der Waals surface area contributed by atoms with Crippen LogP contribution < -0.4 is 10.2 Å². The van der Waals surface area contributed by atoms with Gasteiger partial charge in [0.25, 0.3) is 0 Å². The highest BCUT2D eigenvalue weighted by Gasteiger charge is 2.40. The van der Waals surface area contributed by atoms with E-state index in [-0.39, 0.29) is 17.7 Å². The van der Waals surface area contributed by atoms with Crippen LogP contribution in [0.15, 0.2) is 18.2 Å². The lowest BCUT2D eigenvalue weighted by molar-refractivity contribution is -0.136. The lowest BCUT2D eigenvalue weighted by Gasteiger charge is -2.46. The van der Waals surface area contributed by atoms with Crippen LogP contribution in [0.2, 0.25) is 0 Å². The number of hydrogen-bond donors (Lipinski definition) is 2. The number of nitrogens with one attached hydrogen (secondary N) is 1. The molecule has 0 spiro atoms. The van der Waals surface area contributed by atoms with E-state index >= 15 is 0 Å². The number of rotatable bonds is 3. The normalized spacial score (nSPS) is 19.8. The van der Waals surface area contributed by atoms with Crippen molar-refractivity contribution in [2.45, 2.75) is 32.4 Å². The summed E-state index contributed by atoms with van der Waals surface area (Å²) in [5, 5.41) is 13.4. The summed E-state index contributed by atoms with van der Waals surface area (Å²) in [5.74, 6) is 0.359. The molecule has 1 atom stereocenters. The Morgan fingerprint density at radius 1 is 1.33 bits per heavy atom. The molecule has 1 amide bonds. The number of hydrogen-bond acceptors (Lipinski definition) is 4. The van der Waals surface area contributed by atoms with E-state index in [0.717, 1.165) is 17.8 Å². The first kappa shape index (κ1) is 15.6. The minimum Gasteiger partial charge on any atom is -0.508 e. The van der Waals surface area contributed by atoms with Crippen LogP contribution in [0.5, 0.6) is 5.75 Å². The van der Waals surface area contributed by atoms with Crippen molar-refractivity contribution in [3.8, 4) is 5.75 Å². The fraction of sp³-hybridized carbons (Fsp3) is 0.562. The summed E-state index contributed by atoms with van der Waals surface area (Å²) < 4.78 is 0. The maximum atomic E-state index is 12.3. The molecule has 0 radical (unpaired) electrons. The second-order valence-corrected chi connectivity index (χ2v) is 6.19. The Kier molecular flexibility index (Phi) is 4.14. The van der Waals surface area contributed by atoms with Crippen LogP contribution in [0, 0.1) is 0 Å². The van der Waals surface area contributed by atoms with Gasteiger partial charge in [-0.15, -0.1) is 0 Å². The highest BCUT2D eigenvalue weighted by atomic mass is 16.3. The molecule has 5 nitrogen and oxygen atoms in total. The largest absolute Gasteiger partial charge is 0.508 e. The molecule has 2 N–H and O–H groups in total. The Morgan fingerprint density at radius 3 is 2.57 bits per heavy atom. The first-order valence-corrected chi connectivity index (χ1v) is 7.32. The van der Waals surface area contributed by atoms with Gasteiger partial charge in [0.05, 0.1) is 0 Å². The van der Waals surface area contributed by atoms with E-state index in [1.807, 2.05) is 47.0 Å². The highest BCUT2D eigenvalue weighted by Crippen LogP contribution is 2.33. The van der Waals surface area contributed by atoms with Crippen molar-refractivity contribution in [1.29, 1.82) is 0 Å². The lowest BCUT2D eigenvalue weighted by atomic mass is 9.96. The monoisotopic (exact) mass is 291 g/mol. The number of aromatic hydroxyl groups is 1. The molecule has 1 unspecified atom stereocenters. The maximum absolute atomic E-state index is 12.3. The van der Waals surface area contributed by atoms with E-state index in [1.165, 1.54) is 0 Å². The van der Waals surface area contributed by atoms with E-state index in [0.29, 0.717) is 6.54 Å². The number of piperazine rings is 1. The number of anilines is 1. The molecule has 21 heavy (non-hydrogen) atoms. The summed E-state index contributed by atoms with van der Waals surface area (Å²) in [6.07, 6.45) is 0. The number of likely N-dealkylation sites (N-methyl/N-ethyl adjacent to an activating group) is 1. The second kappa shape index (κ2) is 5.56. The number of carbonyl (C=O) groups excluding carboxylic acids is 1. The third-order valence-electron chi connectivity index (χ3n) is 4.43. The standard InChI is InChI=1S/C16H25N3O2/c1-11(17-4)13-7-6-12(10-14(13)20)19-9-8-18(5)15(21)16(19,2)3/h6-7,10-11,17,20H,8-9H2,1-5H3. The SMILES string of the molecule is CNC(C)c1ccc(N2CCN(C)C(=O)C2(C)C)cc1O. The molecule has 0 aromatic heterocycles. The zero-order valence-electron chi connectivity index (χ0n) is 13.5. The molecule has 0 aliphatic carbocycles. The quantitative estimate of drug-likeness (QED) is 0.890. The van der Waals surface area contributed by atoms with Gasteiger partial charge in [-0.1, -0.05) is 6.07 Å². The Morgan fingerprint density at radius 2 is 2.00 bits per heavy atom. The van der Waals surface area contributed by atoms with Crippen molar-refractivity contribution in [3.63, 3.8) is 0 Å². The molecule has 1 aromatic rings. The van der Waals surface area contributed by atoms with Gasteiger partial charge in [0.15, 0.2) is 0 Å². The number of phenols is 1. The van der Waals surface area contributed by atoms with Crippen molar-refractivity contribution in [2.24, 2.45) is 0 Å². The fourth-order valence-corrected chi connectivity index (χ4v) is 2.89. The molecule has 1 heterocycles. The van der Waals surface area contributed by atoms with Gasteiger partial charge in [-0.3, -0.25) is 4.79 Å². The van der Waals surface area contributed by atoms with Crippen LogP contribution in [0.3, 0.4) is 0 Å². The predicted octanol–water partition coefficient (Wildman–Crippen LogP) is 1.73. The van der Waals surface area contributed by atoms with Gasteiger partial charge < -0.3 is 20.2 Å². The summed E-state index contributed by atoms with van der Waals surface area (Å²) in [5.41, 5.74) is 1.14. The first-order valence-electron chi connectivity index (χ1n) is 7.32. The zero-order valence-corrected chi connectivity index (χ0v) is 13.5. The maximum Gasteiger partial charge on any atom is 0.247 e. The summed E-state index contributed by atoms with van der Waals surface area (Å²) in [6.45, 7) is 7.30. The molecule has 0 saturated carbocycles. The molecule has 5 heteroatoms. The molecule has 1 aliphatic rings. The minimum absolute atomic E-state index is 0.0844. The van der Waals surface area contributed by atoms with Crippen LogP contribution in [0.25, 0.3) is 0 Å². The molecular formula is C16H25N3O2. The topological polar surface area (TPSA) is 55.8 Å². The van der Waals surface area contributed by atoms with Crippen molar-refractivity contribution in [3.05, 3.63) is 23.8 Å². The molecule has 116 valence electrons. The van der Waals surface area contributed by atoms with E-state index in [4.69, 9.17) is 0 Å². The average molecular weight is 291 g/mol. The molecule has 1 aliphatic heterocycles. The third-order valence-corrected chi connectivity index (χ3v) is 4.43. The molecular weight excluding hydrogens is 266 g/mol. The Labute approximate surface area is 126 Å². The van der Waals surface area contributed by atoms with Gasteiger partial charge in [-0.2, -0.15) is 0 Å². The highest BCUT2D eigenvalue weighted by molar-refractivity contribution is 5.90. The van der Waals surface area contributed by atoms with Crippen LogP contribution in [0.1, 0.15) is 32.4 Å². The van der Waals surface area contributed by atoms with Gasteiger partial charge in [-0.25, -0.2) is 0 Å². The van der Waals surface area contributed by atoms with Crippen LogP contribution >= 0.6 is 0 Å². The van der Waals surface area contributed by atoms with E-state index in [1.54, 1.807) is 11.0 Å². The Bertz CT molecular complexity index is 542. The fourth-order valence-electron chi connectivity index (χ4n) is 2.89. The number of benzene rings is 1. The molecule has 1 aromatic carbocycles. The van der Waals surface area contributed by atoms with Gasteiger partial charge in [-0.05, 0) is 33.9 Å². The van der Waals surface area contributed by atoms with E-state index < -0.39 is 5.54 Å². The van der Waals surface area contributed by atoms with Gasteiger partial charge in [0.2, 0.25) is 5.91 Å². The summed E-state index contributed by atoms with van der Waals surface area (Å²) >= 11 is 0.